The number of hydrogen-bond acceptors (Lipinski definition) is 4. The fourth-order valence-electron chi connectivity index (χ4n) is 2.80. The molecule has 4 aromatic rings. The SMILES string of the molecule is Cc1nn(-c2ccccc2)c(Cl)c1/C=N\Nc1nc2ccccc2n1C. The quantitative estimate of drug-likeness (QED) is 0.437. The van der Waals surface area contributed by atoms with Gasteiger partial charge in [-0.2, -0.15) is 10.2 Å². The molecule has 2 heterocycles. The number of hydrazone groups is 1. The smallest absolute Gasteiger partial charge is 0.224 e. The summed E-state index contributed by atoms with van der Waals surface area (Å²) in [6.45, 7) is 1.90. The summed E-state index contributed by atoms with van der Waals surface area (Å²) in [5, 5.41) is 9.32. The molecule has 7 heteroatoms. The van der Waals surface area contributed by atoms with E-state index in [1.807, 2.05) is 73.1 Å². The number of imidazole rings is 1. The highest BCUT2D eigenvalue weighted by Crippen LogP contribution is 2.22. The number of para-hydroxylation sites is 3. The molecule has 0 aliphatic heterocycles. The summed E-state index contributed by atoms with van der Waals surface area (Å²) in [5.41, 5.74) is 7.41. The molecule has 2 aromatic carbocycles. The highest BCUT2D eigenvalue weighted by atomic mass is 35.5. The Bertz CT molecular complexity index is 1090. The molecule has 0 aliphatic carbocycles. The average Bonchev–Trinajstić information content (AvgIpc) is 3.14. The van der Waals surface area contributed by atoms with Crippen LogP contribution in [-0.2, 0) is 7.05 Å². The van der Waals surface area contributed by atoms with Gasteiger partial charge in [0.25, 0.3) is 0 Å². The first-order chi connectivity index (χ1) is 12.6. The van der Waals surface area contributed by atoms with Crippen LogP contribution in [0, 0.1) is 6.92 Å². The van der Waals surface area contributed by atoms with E-state index < -0.39 is 0 Å². The molecule has 4 rings (SSSR count). The summed E-state index contributed by atoms with van der Waals surface area (Å²) in [7, 11) is 1.94. The monoisotopic (exact) mass is 364 g/mol. The zero-order chi connectivity index (χ0) is 18.1. The molecule has 0 spiro atoms. The van der Waals surface area contributed by atoms with E-state index in [0.717, 1.165) is 28.0 Å². The number of hydrogen-bond donors (Lipinski definition) is 1. The van der Waals surface area contributed by atoms with E-state index in [2.05, 4.69) is 20.6 Å². The third kappa shape index (κ3) is 2.84. The second kappa shape index (κ2) is 6.65. The van der Waals surface area contributed by atoms with Crippen molar-refractivity contribution in [3.8, 4) is 5.69 Å². The number of aromatic nitrogens is 4. The van der Waals surface area contributed by atoms with E-state index in [1.54, 1.807) is 10.9 Å². The van der Waals surface area contributed by atoms with Gasteiger partial charge in [0.05, 0.1) is 34.2 Å². The van der Waals surface area contributed by atoms with E-state index in [4.69, 9.17) is 11.6 Å². The standard InChI is InChI=1S/C19H17ClN6/c1-13-15(18(20)26(24-13)14-8-4-3-5-9-14)12-21-23-19-22-16-10-6-7-11-17(16)25(19)2/h3-12H,1-2H3,(H,22,23)/b21-12-. The van der Waals surface area contributed by atoms with Crippen molar-refractivity contribution in [2.45, 2.75) is 6.92 Å². The van der Waals surface area contributed by atoms with Gasteiger partial charge in [0.2, 0.25) is 5.95 Å². The fraction of sp³-hybridized carbons (Fsp3) is 0.105. The second-order valence-electron chi connectivity index (χ2n) is 5.89. The van der Waals surface area contributed by atoms with Crippen LogP contribution in [0.4, 0.5) is 5.95 Å². The van der Waals surface area contributed by atoms with Crippen LogP contribution in [0.25, 0.3) is 16.7 Å². The number of rotatable bonds is 4. The van der Waals surface area contributed by atoms with Crippen molar-refractivity contribution in [1.82, 2.24) is 19.3 Å². The van der Waals surface area contributed by atoms with Crippen LogP contribution >= 0.6 is 11.6 Å². The van der Waals surface area contributed by atoms with Crippen LogP contribution in [0.3, 0.4) is 0 Å². The van der Waals surface area contributed by atoms with Crippen molar-refractivity contribution in [3.63, 3.8) is 0 Å². The Labute approximate surface area is 155 Å². The molecule has 6 nitrogen and oxygen atoms in total. The number of nitrogens with one attached hydrogen (secondary N) is 1. The lowest BCUT2D eigenvalue weighted by Crippen LogP contribution is -1.99. The van der Waals surface area contributed by atoms with Crippen molar-refractivity contribution in [3.05, 3.63) is 71.0 Å². The number of benzene rings is 2. The van der Waals surface area contributed by atoms with E-state index in [9.17, 15) is 0 Å². The highest BCUT2D eigenvalue weighted by molar-refractivity contribution is 6.32. The van der Waals surface area contributed by atoms with E-state index in [1.165, 1.54) is 0 Å². The van der Waals surface area contributed by atoms with Crippen LogP contribution in [0.1, 0.15) is 11.3 Å². The molecular weight excluding hydrogens is 348 g/mol. The van der Waals surface area contributed by atoms with Crippen LogP contribution < -0.4 is 5.43 Å². The molecule has 0 unspecified atom stereocenters. The predicted octanol–water partition coefficient (Wildman–Crippen LogP) is 4.17. The zero-order valence-corrected chi connectivity index (χ0v) is 15.1. The Morgan fingerprint density at radius 1 is 1.08 bits per heavy atom. The number of nitrogens with zero attached hydrogens (tertiary/aromatic N) is 5. The van der Waals surface area contributed by atoms with Crippen LogP contribution in [0.5, 0.6) is 0 Å². The van der Waals surface area contributed by atoms with Crippen molar-refractivity contribution in [2.24, 2.45) is 12.1 Å². The van der Waals surface area contributed by atoms with Gasteiger partial charge in [-0.1, -0.05) is 41.9 Å². The average molecular weight is 365 g/mol. The second-order valence-corrected chi connectivity index (χ2v) is 6.25. The molecule has 0 radical (unpaired) electrons. The fourth-order valence-corrected chi connectivity index (χ4v) is 3.12. The molecule has 130 valence electrons. The van der Waals surface area contributed by atoms with Gasteiger partial charge in [0.1, 0.15) is 5.15 Å². The first kappa shape index (κ1) is 16.4. The minimum Gasteiger partial charge on any atom is -0.312 e. The Morgan fingerprint density at radius 3 is 2.58 bits per heavy atom. The van der Waals surface area contributed by atoms with Gasteiger partial charge < -0.3 is 4.57 Å². The first-order valence-electron chi connectivity index (χ1n) is 8.16. The number of anilines is 1. The largest absolute Gasteiger partial charge is 0.312 e. The van der Waals surface area contributed by atoms with Crippen LogP contribution in [-0.4, -0.2) is 25.5 Å². The van der Waals surface area contributed by atoms with Crippen LogP contribution in [0.2, 0.25) is 5.15 Å². The lowest BCUT2D eigenvalue weighted by molar-refractivity contribution is 0.863. The minimum absolute atomic E-state index is 0.518. The van der Waals surface area contributed by atoms with Crippen molar-refractivity contribution >= 4 is 34.8 Å². The lowest BCUT2D eigenvalue weighted by Gasteiger charge is -2.02. The van der Waals surface area contributed by atoms with Crippen LogP contribution in [0.15, 0.2) is 59.7 Å². The molecule has 26 heavy (non-hydrogen) atoms. The lowest BCUT2D eigenvalue weighted by atomic mass is 10.3. The Morgan fingerprint density at radius 2 is 1.81 bits per heavy atom. The third-order valence-corrected chi connectivity index (χ3v) is 4.56. The molecule has 0 saturated carbocycles. The summed E-state index contributed by atoms with van der Waals surface area (Å²) >= 11 is 6.50. The molecule has 1 N–H and O–H groups in total. The Kier molecular flexibility index (Phi) is 4.18. The molecule has 2 aromatic heterocycles. The number of fused-ring (bicyclic) bond motifs is 1. The van der Waals surface area contributed by atoms with E-state index in [0.29, 0.717) is 11.1 Å². The van der Waals surface area contributed by atoms with Gasteiger partial charge in [0.15, 0.2) is 0 Å². The van der Waals surface area contributed by atoms with Crippen molar-refractivity contribution in [2.75, 3.05) is 5.43 Å². The van der Waals surface area contributed by atoms with Gasteiger partial charge in [-0.15, -0.1) is 0 Å². The van der Waals surface area contributed by atoms with Gasteiger partial charge in [-0.25, -0.2) is 15.1 Å². The maximum atomic E-state index is 6.50. The van der Waals surface area contributed by atoms with E-state index >= 15 is 0 Å². The third-order valence-electron chi connectivity index (χ3n) is 4.19. The topological polar surface area (TPSA) is 60.0 Å². The minimum atomic E-state index is 0.518. The maximum Gasteiger partial charge on any atom is 0.224 e. The maximum absolute atomic E-state index is 6.50. The molecule has 0 saturated heterocycles. The van der Waals surface area contributed by atoms with Crippen molar-refractivity contribution < 1.29 is 0 Å². The Balaban J connectivity index is 1.61. The summed E-state index contributed by atoms with van der Waals surface area (Å²) in [6.07, 6.45) is 1.67. The number of aryl methyl sites for hydroxylation is 2. The zero-order valence-electron chi connectivity index (χ0n) is 14.4. The first-order valence-corrected chi connectivity index (χ1v) is 8.54. The normalized spacial score (nSPS) is 11.5. The van der Waals surface area contributed by atoms with E-state index in [-0.39, 0.29) is 0 Å². The summed E-state index contributed by atoms with van der Waals surface area (Å²) < 4.78 is 3.65. The van der Waals surface area contributed by atoms with Gasteiger partial charge >= 0.3 is 0 Å². The molecule has 0 aliphatic rings. The summed E-state index contributed by atoms with van der Waals surface area (Å²) in [5.74, 6) is 0.659. The van der Waals surface area contributed by atoms with Gasteiger partial charge in [-0.05, 0) is 31.2 Å². The van der Waals surface area contributed by atoms with Crippen molar-refractivity contribution in [1.29, 1.82) is 0 Å². The summed E-state index contributed by atoms with van der Waals surface area (Å²) in [4.78, 5) is 4.53. The molecule has 0 fully saturated rings. The number of halogens is 1. The summed E-state index contributed by atoms with van der Waals surface area (Å²) in [6, 6.07) is 17.7. The predicted molar refractivity (Wildman–Crippen MR) is 105 cm³/mol. The molecular formula is C19H17ClN6. The highest BCUT2D eigenvalue weighted by Gasteiger charge is 2.13. The van der Waals surface area contributed by atoms with Gasteiger partial charge in [0, 0.05) is 7.05 Å². The molecule has 0 atom stereocenters. The molecule has 0 amide bonds. The Hall–Kier alpha value is -3.12. The molecule has 0 bridgehead atoms. The van der Waals surface area contributed by atoms with Gasteiger partial charge in [-0.3, -0.25) is 0 Å².